The van der Waals surface area contributed by atoms with E-state index in [9.17, 15) is 9.59 Å². The van der Waals surface area contributed by atoms with Crippen molar-refractivity contribution in [1.29, 1.82) is 0 Å². The van der Waals surface area contributed by atoms with Gasteiger partial charge in [-0.2, -0.15) is 0 Å². The van der Waals surface area contributed by atoms with Gasteiger partial charge in [0.1, 0.15) is 11.6 Å². The maximum absolute atomic E-state index is 12.5. The molecule has 0 aromatic rings. The first-order valence-electron chi connectivity index (χ1n) is 7.77. The lowest BCUT2D eigenvalue weighted by Crippen LogP contribution is -2.52. The number of hydrogen-bond donors (Lipinski definition) is 1. The summed E-state index contributed by atoms with van der Waals surface area (Å²) in [6, 6.07) is -0.509. The van der Waals surface area contributed by atoms with E-state index in [0.29, 0.717) is 11.6 Å². The largest absolute Gasteiger partial charge is 0.444 e. The molecule has 0 aromatic carbocycles. The molecule has 2 rings (SSSR count). The zero-order chi connectivity index (χ0) is 16.3. The SMILES string of the molecule is C[C@@H](NC(=O)[C@H]1CSCN1C(=O)OC(C)(C)C)[C@H]1CCCO1. The van der Waals surface area contributed by atoms with Gasteiger partial charge in [-0.15, -0.1) is 11.8 Å². The predicted octanol–water partition coefficient (Wildman–Crippen LogP) is 1.98. The molecule has 0 aromatic heterocycles. The van der Waals surface area contributed by atoms with E-state index in [-0.39, 0.29) is 18.1 Å². The number of nitrogens with zero attached hydrogens (tertiary/aromatic N) is 1. The Bertz CT molecular complexity index is 418. The molecule has 6 nitrogen and oxygen atoms in total. The van der Waals surface area contributed by atoms with E-state index in [4.69, 9.17) is 9.47 Å². The number of hydrogen-bond acceptors (Lipinski definition) is 5. The van der Waals surface area contributed by atoms with Gasteiger partial charge in [0.25, 0.3) is 0 Å². The van der Waals surface area contributed by atoms with Crippen LogP contribution in [0.5, 0.6) is 0 Å². The minimum absolute atomic E-state index is 0.0407. The van der Waals surface area contributed by atoms with Gasteiger partial charge < -0.3 is 14.8 Å². The molecule has 0 saturated carbocycles. The molecule has 0 radical (unpaired) electrons. The van der Waals surface area contributed by atoms with Crippen LogP contribution in [0.15, 0.2) is 0 Å². The van der Waals surface area contributed by atoms with Crippen molar-refractivity contribution in [3.63, 3.8) is 0 Å². The van der Waals surface area contributed by atoms with Gasteiger partial charge >= 0.3 is 6.09 Å². The van der Waals surface area contributed by atoms with Crippen molar-refractivity contribution >= 4 is 23.8 Å². The monoisotopic (exact) mass is 330 g/mol. The fraction of sp³-hybridized carbons (Fsp3) is 0.867. The van der Waals surface area contributed by atoms with Crippen LogP contribution in [-0.4, -0.2) is 58.9 Å². The summed E-state index contributed by atoms with van der Waals surface area (Å²) in [6.45, 7) is 8.18. The zero-order valence-corrected chi connectivity index (χ0v) is 14.6. The number of ether oxygens (including phenoxy) is 2. The Hall–Kier alpha value is -0.950. The number of nitrogens with one attached hydrogen (secondary N) is 1. The molecule has 0 bridgehead atoms. The van der Waals surface area contributed by atoms with E-state index in [0.717, 1.165) is 19.4 Å². The van der Waals surface area contributed by atoms with Crippen molar-refractivity contribution in [1.82, 2.24) is 10.2 Å². The van der Waals surface area contributed by atoms with Crippen molar-refractivity contribution in [3.05, 3.63) is 0 Å². The quantitative estimate of drug-likeness (QED) is 0.857. The summed E-state index contributed by atoms with van der Waals surface area (Å²) in [5.41, 5.74) is -0.559. The fourth-order valence-corrected chi connectivity index (χ4v) is 3.71. The Morgan fingerprint density at radius 3 is 2.73 bits per heavy atom. The van der Waals surface area contributed by atoms with E-state index < -0.39 is 17.7 Å². The summed E-state index contributed by atoms with van der Waals surface area (Å²) in [7, 11) is 0. The zero-order valence-electron chi connectivity index (χ0n) is 13.8. The molecular formula is C15H26N2O4S. The molecule has 0 aliphatic carbocycles. The third-order valence-corrected chi connectivity index (χ3v) is 4.72. The number of rotatable bonds is 3. The minimum Gasteiger partial charge on any atom is -0.444 e. The van der Waals surface area contributed by atoms with Crippen LogP contribution < -0.4 is 5.32 Å². The topological polar surface area (TPSA) is 67.9 Å². The maximum atomic E-state index is 12.5. The molecule has 3 atom stereocenters. The van der Waals surface area contributed by atoms with Crippen LogP contribution in [-0.2, 0) is 14.3 Å². The Balaban J connectivity index is 1.91. The second-order valence-electron chi connectivity index (χ2n) is 6.81. The molecule has 0 spiro atoms. The smallest absolute Gasteiger partial charge is 0.411 e. The van der Waals surface area contributed by atoms with Gasteiger partial charge in [-0.1, -0.05) is 0 Å². The van der Waals surface area contributed by atoms with E-state index in [1.54, 1.807) is 11.8 Å². The van der Waals surface area contributed by atoms with Gasteiger partial charge in [-0.3, -0.25) is 9.69 Å². The first-order chi connectivity index (χ1) is 10.3. The Morgan fingerprint density at radius 1 is 1.41 bits per heavy atom. The van der Waals surface area contributed by atoms with Crippen molar-refractivity contribution < 1.29 is 19.1 Å². The third-order valence-electron chi connectivity index (χ3n) is 3.71. The fourth-order valence-electron chi connectivity index (χ4n) is 2.57. The average molecular weight is 330 g/mol. The van der Waals surface area contributed by atoms with Crippen molar-refractivity contribution in [2.75, 3.05) is 18.2 Å². The van der Waals surface area contributed by atoms with Crippen LogP contribution in [0.1, 0.15) is 40.5 Å². The number of thioether (sulfide) groups is 1. The second-order valence-corrected chi connectivity index (χ2v) is 7.81. The molecular weight excluding hydrogens is 304 g/mol. The van der Waals surface area contributed by atoms with Gasteiger partial charge in [0.05, 0.1) is 18.0 Å². The van der Waals surface area contributed by atoms with Crippen LogP contribution in [0.4, 0.5) is 4.79 Å². The van der Waals surface area contributed by atoms with Gasteiger partial charge in [0.15, 0.2) is 0 Å². The molecule has 126 valence electrons. The van der Waals surface area contributed by atoms with Crippen molar-refractivity contribution in [2.24, 2.45) is 0 Å². The Kier molecular flexibility index (Phi) is 5.60. The molecule has 2 amide bonds. The van der Waals surface area contributed by atoms with Gasteiger partial charge in [0.2, 0.25) is 5.91 Å². The van der Waals surface area contributed by atoms with Gasteiger partial charge in [0, 0.05) is 12.4 Å². The standard InChI is InChI=1S/C15H26N2O4S/c1-10(12-6-5-7-20-12)16-13(18)11-8-22-9-17(11)14(19)21-15(2,3)4/h10-12H,5-9H2,1-4H3,(H,16,18)/t10-,11-,12-/m1/s1. The minimum atomic E-state index is -0.559. The molecule has 7 heteroatoms. The Morgan fingerprint density at radius 2 is 2.14 bits per heavy atom. The summed E-state index contributed by atoms with van der Waals surface area (Å²) in [6.07, 6.45) is 1.65. The summed E-state index contributed by atoms with van der Waals surface area (Å²) in [5.74, 6) is 0.962. The number of carbonyl (C=O) groups is 2. The summed E-state index contributed by atoms with van der Waals surface area (Å²) < 4.78 is 11.0. The second kappa shape index (κ2) is 7.08. The highest BCUT2D eigenvalue weighted by Gasteiger charge is 2.38. The number of carbonyl (C=O) groups excluding carboxylic acids is 2. The highest BCUT2D eigenvalue weighted by atomic mass is 32.2. The van der Waals surface area contributed by atoms with Crippen LogP contribution >= 0.6 is 11.8 Å². The van der Waals surface area contributed by atoms with Crippen molar-refractivity contribution in [3.8, 4) is 0 Å². The average Bonchev–Trinajstić information content (AvgIpc) is 3.08. The molecule has 2 fully saturated rings. The molecule has 2 aliphatic rings. The molecule has 22 heavy (non-hydrogen) atoms. The van der Waals surface area contributed by atoms with Crippen molar-refractivity contribution in [2.45, 2.75) is 64.3 Å². The highest BCUT2D eigenvalue weighted by Crippen LogP contribution is 2.24. The van der Waals surface area contributed by atoms with Crippen LogP contribution in [0.25, 0.3) is 0 Å². The van der Waals surface area contributed by atoms with Crippen LogP contribution in [0.3, 0.4) is 0 Å². The van der Waals surface area contributed by atoms with E-state index in [1.807, 2.05) is 27.7 Å². The van der Waals surface area contributed by atoms with Gasteiger partial charge in [-0.25, -0.2) is 4.79 Å². The molecule has 2 heterocycles. The molecule has 2 aliphatic heterocycles. The normalized spacial score (nSPS) is 26.8. The third kappa shape index (κ3) is 4.52. The lowest BCUT2D eigenvalue weighted by Gasteiger charge is -2.28. The molecule has 1 N–H and O–H groups in total. The summed E-state index contributed by atoms with van der Waals surface area (Å²) in [5, 5.41) is 2.98. The maximum Gasteiger partial charge on any atom is 0.411 e. The van der Waals surface area contributed by atoms with E-state index in [1.165, 1.54) is 4.90 Å². The van der Waals surface area contributed by atoms with Crippen LogP contribution in [0.2, 0.25) is 0 Å². The highest BCUT2D eigenvalue weighted by molar-refractivity contribution is 7.99. The number of amides is 2. The van der Waals surface area contributed by atoms with E-state index >= 15 is 0 Å². The first-order valence-corrected chi connectivity index (χ1v) is 8.93. The molecule has 0 unspecified atom stereocenters. The molecule has 2 saturated heterocycles. The Labute approximate surface area is 136 Å². The summed E-state index contributed by atoms with van der Waals surface area (Å²) in [4.78, 5) is 26.2. The lowest BCUT2D eigenvalue weighted by atomic mass is 10.1. The first kappa shape index (κ1) is 17.4. The van der Waals surface area contributed by atoms with E-state index in [2.05, 4.69) is 5.32 Å². The predicted molar refractivity (Wildman–Crippen MR) is 85.8 cm³/mol. The lowest BCUT2D eigenvalue weighted by molar-refractivity contribution is -0.126. The van der Waals surface area contributed by atoms with Crippen LogP contribution in [0, 0.1) is 0 Å². The van der Waals surface area contributed by atoms with Gasteiger partial charge in [-0.05, 0) is 40.5 Å². The summed E-state index contributed by atoms with van der Waals surface area (Å²) >= 11 is 1.57.